The molecule has 1 heterocycles. The van der Waals surface area contributed by atoms with Crippen LogP contribution in [0.1, 0.15) is 26.0 Å². The first-order chi connectivity index (χ1) is 12.6. The number of hydrogen-bond donors (Lipinski definition) is 1. The lowest BCUT2D eigenvalue weighted by molar-refractivity contribution is -0.141. The Morgan fingerprint density at radius 2 is 2.11 bits per heavy atom. The van der Waals surface area contributed by atoms with Gasteiger partial charge >= 0.3 is 5.97 Å². The fourth-order valence-electron chi connectivity index (χ4n) is 3.01. The van der Waals surface area contributed by atoms with Crippen LogP contribution >= 0.6 is 0 Å². The summed E-state index contributed by atoms with van der Waals surface area (Å²) in [6.45, 7) is 2.90. The molecule has 0 aliphatic rings. The van der Waals surface area contributed by atoms with Gasteiger partial charge < -0.3 is 14.4 Å². The third kappa shape index (κ3) is 3.83. The van der Waals surface area contributed by atoms with Crippen molar-refractivity contribution in [3.05, 3.63) is 35.8 Å². The molecule has 1 aromatic heterocycles. The van der Waals surface area contributed by atoms with Crippen molar-refractivity contribution in [3.8, 4) is 17.0 Å². The first kappa shape index (κ1) is 20.9. The van der Waals surface area contributed by atoms with Crippen molar-refractivity contribution >= 4 is 15.8 Å². The van der Waals surface area contributed by atoms with Gasteiger partial charge in [-0.3, -0.25) is 4.79 Å². The molecular weight excluding hydrogens is 377 g/mol. The van der Waals surface area contributed by atoms with Crippen molar-refractivity contribution in [1.29, 1.82) is 0 Å². The number of carbonyl (C=O) groups is 1. The highest BCUT2D eigenvalue weighted by Crippen LogP contribution is 2.34. The lowest BCUT2D eigenvalue weighted by Crippen LogP contribution is -2.50. The van der Waals surface area contributed by atoms with Crippen molar-refractivity contribution in [2.45, 2.75) is 31.4 Å². The summed E-state index contributed by atoms with van der Waals surface area (Å²) in [6.07, 6.45) is 1.23. The number of ether oxygens (including phenoxy) is 1. The van der Waals surface area contributed by atoms with Gasteiger partial charge in [-0.05, 0) is 25.0 Å². The number of halogens is 1. The molecule has 1 N–H and O–H groups in total. The molecular formula is C18H22FNO6S. The minimum absolute atomic E-state index is 0.0327. The quantitative estimate of drug-likeness (QED) is 0.727. The van der Waals surface area contributed by atoms with Crippen LogP contribution in [-0.2, 0) is 21.1 Å². The van der Waals surface area contributed by atoms with Gasteiger partial charge in [-0.2, -0.15) is 0 Å². The van der Waals surface area contributed by atoms with Gasteiger partial charge in [0.2, 0.25) is 0 Å². The van der Waals surface area contributed by atoms with Crippen LogP contribution in [0, 0.1) is 11.7 Å². The van der Waals surface area contributed by atoms with Gasteiger partial charge in [0, 0.05) is 24.3 Å². The molecule has 7 nitrogen and oxygen atoms in total. The Kier molecular flexibility index (Phi) is 5.94. The first-order valence-electron chi connectivity index (χ1n) is 8.27. The van der Waals surface area contributed by atoms with Crippen LogP contribution in [-0.4, -0.2) is 42.8 Å². The van der Waals surface area contributed by atoms with Gasteiger partial charge in [-0.15, -0.1) is 0 Å². The molecule has 0 bridgehead atoms. The number of carboxylic acid groups (broad SMARTS) is 1. The second-order valence-corrected chi connectivity index (χ2v) is 8.89. The molecule has 1 unspecified atom stereocenters. The van der Waals surface area contributed by atoms with E-state index in [-0.39, 0.29) is 29.2 Å². The maximum absolute atomic E-state index is 14.4. The third-order valence-corrected chi connectivity index (χ3v) is 6.98. The van der Waals surface area contributed by atoms with Crippen LogP contribution in [0.5, 0.6) is 5.75 Å². The Morgan fingerprint density at radius 3 is 2.63 bits per heavy atom. The van der Waals surface area contributed by atoms with Crippen LogP contribution in [0.2, 0.25) is 0 Å². The summed E-state index contributed by atoms with van der Waals surface area (Å²) in [6, 6.07) is 6.06. The Balaban J connectivity index is 2.38. The van der Waals surface area contributed by atoms with E-state index in [1.165, 1.54) is 32.2 Å². The molecule has 0 aliphatic heterocycles. The molecule has 2 atom stereocenters. The summed E-state index contributed by atoms with van der Waals surface area (Å²) >= 11 is 0. The summed E-state index contributed by atoms with van der Waals surface area (Å²) in [5.74, 6) is -2.44. The van der Waals surface area contributed by atoms with Crippen LogP contribution in [0.15, 0.2) is 28.8 Å². The topological polar surface area (TPSA) is 107 Å². The van der Waals surface area contributed by atoms with E-state index in [0.717, 1.165) is 6.26 Å². The molecule has 0 aliphatic carbocycles. The van der Waals surface area contributed by atoms with E-state index in [4.69, 9.17) is 9.26 Å². The van der Waals surface area contributed by atoms with E-state index in [1.54, 1.807) is 13.0 Å². The summed E-state index contributed by atoms with van der Waals surface area (Å²) < 4.78 is 46.8. The van der Waals surface area contributed by atoms with Crippen LogP contribution in [0.3, 0.4) is 0 Å². The van der Waals surface area contributed by atoms with E-state index in [1.807, 2.05) is 0 Å². The van der Waals surface area contributed by atoms with E-state index in [9.17, 15) is 22.7 Å². The first-order valence-corrected chi connectivity index (χ1v) is 10.2. The number of sulfone groups is 1. The van der Waals surface area contributed by atoms with Gasteiger partial charge in [0.25, 0.3) is 0 Å². The van der Waals surface area contributed by atoms with E-state index in [2.05, 4.69) is 5.16 Å². The van der Waals surface area contributed by atoms with Crippen LogP contribution in [0.25, 0.3) is 11.3 Å². The summed E-state index contributed by atoms with van der Waals surface area (Å²) in [5.41, 5.74) is 0.383. The highest BCUT2D eigenvalue weighted by molar-refractivity contribution is 7.92. The zero-order valence-corrected chi connectivity index (χ0v) is 16.3. The lowest BCUT2D eigenvalue weighted by atomic mass is 9.86. The van der Waals surface area contributed by atoms with Gasteiger partial charge in [0.05, 0.1) is 7.11 Å². The zero-order valence-electron chi connectivity index (χ0n) is 15.5. The van der Waals surface area contributed by atoms with E-state index >= 15 is 0 Å². The molecule has 0 saturated heterocycles. The number of rotatable bonds is 8. The van der Waals surface area contributed by atoms with E-state index < -0.39 is 32.3 Å². The molecule has 9 heteroatoms. The number of methoxy groups -OCH3 is 1. The number of nitrogens with zero attached hydrogens (tertiary/aromatic N) is 1. The highest BCUT2D eigenvalue weighted by atomic mass is 32.2. The molecule has 0 saturated carbocycles. The average molecular weight is 399 g/mol. The average Bonchev–Trinajstić information content (AvgIpc) is 3.06. The SMILES string of the molecule is CCC(Cc1cc(-c2cccc(OC)c2F)no1)[C@](C)(C(=O)O)S(C)(=O)=O. The monoisotopic (exact) mass is 399 g/mol. The van der Waals surface area contributed by atoms with E-state index in [0.29, 0.717) is 6.42 Å². The van der Waals surface area contributed by atoms with Crippen molar-refractivity contribution < 1.29 is 32.0 Å². The molecule has 1 aromatic carbocycles. The largest absolute Gasteiger partial charge is 0.494 e. The van der Waals surface area contributed by atoms with Gasteiger partial charge in [0.15, 0.2) is 26.2 Å². The Bertz CT molecular complexity index is 939. The predicted octanol–water partition coefficient (Wildman–Crippen LogP) is 2.95. The molecule has 2 aromatic rings. The molecule has 2 rings (SSSR count). The summed E-state index contributed by atoms with van der Waals surface area (Å²) in [4.78, 5) is 11.7. The van der Waals surface area contributed by atoms with Gasteiger partial charge in [0.1, 0.15) is 11.5 Å². The minimum Gasteiger partial charge on any atom is -0.494 e. The fraction of sp³-hybridized carbons (Fsp3) is 0.444. The Hall–Kier alpha value is -2.42. The molecule has 0 fully saturated rings. The molecule has 0 spiro atoms. The summed E-state index contributed by atoms with van der Waals surface area (Å²) in [7, 11) is -2.55. The molecule has 27 heavy (non-hydrogen) atoms. The van der Waals surface area contributed by atoms with Gasteiger partial charge in [-0.25, -0.2) is 12.8 Å². The molecule has 0 radical (unpaired) electrons. The fourth-order valence-corrected chi connectivity index (χ4v) is 4.18. The summed E-state index contributed by atoms with van der Waals surface area (Å²) in [5, 5.41) is 13.4. The number of benzene rings is 1. The molecule has 0 amide bonds. The standard InChI is InChI=1S/C18H22FNO6S/c1-5-11(18(2,17(21)22)27(4,23)24)9-12-10-14(20-26-12)13-7-6-8-15(25-3)16(13)19/h6-8,10-11H,5,9H2,1-4H3,(H,21,22)/t11?,18-/m1/s1. The zero-order chi connectivity index (χ0) is 20.4. The van der Waals surface area contributed by atoms with Crippen LogP contribution < -0.4 is 4.74 Å². The van der Waals surface area contributed by atoms with Crippen molar-refractivity contribution in [1.82, 2.24) is 5.16 Å². The van der Waals surface area contributed by atoms with Crippen molar-refractivity contribution in [3.63, 3.8) is 0 Å². The Morgan fingerprint density at radius 1 is 1.44 bits per heavy atom. The second-order valence-electron chi connectivity index (χ2n) is 6.49. The van der Waals surface area contributed by atoms with Gasteiger partial charge in [-0.1, -0.05) is 24.6 Å². The smallest absolute Gasteiger partial charge is 0.325 e. The number of aromatic nitrogens is 1. The van der Waals surface area contributed by atoms with Crippen molar-refractivity contribution in [2.24, 2.45) is 5.92 Å². The number of carboxylic acids is 1. The maximum atomic E-state index is 14.4. The minimum atomic E-state index is -3.89. The van der Waals surface area contributed by atoms with Crippen molar-refractivity contribution in [2.75, 3.05) is 13.4 Å². The normalized spacial score (nSPS) is 15.1. The maximum Gasteiger partial charge on any atom is 0.325 e. The second kappa shape index (κ2) is 7.67. The lowest BCUT2D eigenvalue weighted by Gasteiger charge is -2.30. The van der Waals surface area contributed by atoms with Crippen LogP contribution in [0.4, 0.5) is 4.39 Å². The highest BCUT2D eigenvalue weighted by Gasteiger charge is 2.50. The Labute approximate surface area is 157 Å². The third-order valence-electron chi connectivity index (χ3n) is 4.93. The molecule has 148 valence electrons. The number of hydrogen-bond acceptors (Lipinski definition) is 6. The number of aliphatic carboxylic acids is 1. The predicted molar refractivity (Wildman–Crippen MR) is 96.8 cm³/mol.